The number of benzene rings is 2. The zero-order valence-electron chi connectivity index (χ0n) is 18.5. The van der Waals surface area contributed by atoms with E-state index in [-0.39, 0.29) is 28.9 Å². The zero-order valence-corrected chi connectivity index (χ0v) is 18.5. The summed E-state index contributed by atoms with van der Waals surface area (Å²) < 4.78 is 17.6. The van der Waals surface area contributed by atoms with Gasteiger partial charge in [0.25, 0.3) is 0 Å². The third kappa shape index (κ3) is 3.45. The van der Waals surface area contributed by atoms with E-state index in [2.05, 4.69) is 15.4 Å². The van der Waals surface area contributed by atoms with Gasteiger partial charge in [0.15, 0.2) is 17.3 Å². The summed E-state index contributed by atoms with van der Waals surface area (Å²) in [6, 6.07) is 10.7. The van der Waals surface area contributed by atoms with E-state index in [0.717, 1.165) is 17.0 Å². The molecule has 9 heteroatoms. The first-order chi connectivity index (χ1) is 16.0. The van der Waals surface area contributed by atoms with E-state index < -0.39 is 6.04 Å². The first-order valence-electron chi connectivity index (χ1n) is 10.6. The maximum absolute atomic E-state index is 13.5. The summed E-state index contributed by atoms with van der Waals surface area (Å²) >= 11 is 0. The largest absolute Gasteiger partial charge is 0.502 e. The predicted octanol–water partition coefficient (Wildman–Crippen LogP) is 3.43. The normalized spacial score (nSPS) is 19.4. The fourth-order valence-electron chi connectivity index (χ4n) is 4.64. The molecule has 2 aromatic carbocycles. The number of rotatable bonds is 5. The number of aromatic nitrogens is 3. The molecule has 2 N–H and O–H groups in total. The standard InChI is InChI=1S/C24H24N4O5/c1-31-16-6-4-13(5-7-16)14-8-17-21(18(29)9-14)22(28-24(27-17)25-12-26-28)15-10-19(32-2)23(30)20(11-15)33-3/h4-7,10-12,14,22,30H,8-9H2,1-3H3,(H,25,26,27)/t14-,22-/m0/s1. The lowest BCUT2D eigenvalue weighted by atomic mass is 9.78. The lowest BCUT2D eigenvalue weighted by Gasteiger charge is -2.35. The number of ketones is 1. The Kier molecular flexibility index (Phi) is 5.16. The van der Waals surface area contributed by atoms with Crippen molar-refractivity contribution < 1.29 is 24.1 Å². The van der Waals surface area contributed by atoms with Gasteiger partial charge in [-0.25, -0.2) is 4.68 Å². The van der Waals surface area contributed by atoms with Gasteiger partial charge in [0.1, 0.15) is 18.1 Å². The Bertz CT molecular complexity index is 1220. The van der Waals surface area contributed by atoms with Crippen LogP contribution in [0.4, 0.5) is 5.95 Å². The SMILES string of the molecule is COc1ccc([C@@H]2CC(=O)C3=C(C2)Nc2ncnn2[C@H]3c2cc(OC)c(O)c(OC)c2)cc1. The number of allylic oxidation sites excluding steroid dienone is 2. The lowest BCUT2D eigenvalue weighted by molar-refractivity contribution is -0.116. The molecule has 2 aliphatic rings. The number of phenols is 1. The van der Waals surface area contributed by atoms with Gasteiger partial charge in [-0.3, -0.25) is 4.79 Å². The lowest BCUT2D eigenvalue weighted by Crippen LogP contribution is -2.33. The Balaban J connectivity index is 1.59. The van der Waals surface area contributed by atoms with Gasteiger partial charge in [-0.2, -0.15) is 10.1 Å². The van der Waals surface area contributed by atoms with Gasteiger partial charge in [0.05, 0.1) is 21.3 Å². The van der Waals surface area contributed by atoms with E-state index in [1.165, 1.54) is 20.5 Å². The van der Waals surface area contributed by atoms with Crippen LogP contribution >= 0.6 is 0 Å². The highest BCUT2D eigenvalue weighted by Gasteiger charge is 2.39. The van der Waals surface area contributed by atoms with Crippen LogP contribution in [0.15, 0.2) is 54.0 Å². The summed E-state index contributed by atoms with van der Waals surface area (Å²) in [5.74, 6) is 1.81. The molecular weight excluding hydrogens is 424 g/mol. The number of ether oxygens (including phenoxy) is 3. The second-order valence-corrected chi connectivity index (χ2v) is 8.02. The molecule has 3 aromatic rings. The van der Waals surface area contributed by atoms with E-state index >= 15 is 0 Å². The number of carbonyl (C=O) groups is 1. The fourth-order valence-corrected chi connectivity index (χ4v) is 4.64. The molecule has 170 valence electrons. The highest BCUT2D eigenvalue weighted by Crippen LogP contribution is 2.47. The van der Waals surface area contributed by atoms with E-state index in [4.69, 9.17) is 14.2 Å². The maximum Gasteiger partial charge on any atom is 0.226 e. The van der Waals surface area contributed by atoms with Gasteiger partial charge >= 0.3 is 0 Å². The van der Waals surface area contributed by atoms with Crippen molar-refractivity contribution in [3.8, 4) is 23.0 Å². The van der Waals surface area contributed by atoms with Gasteiger partial charge < -0.3 is 24.6 Å². The number of aromatic hydroxyl groups is 1. The van der Waals surface area contributed by atoms with Crippen LogP contribution in [0.3, 0.4) is 0 Å². The summed E-state index contributed by atoms with van der Waals surface area (Å²) in [5, 5.41) is 18.0. The molecule has 1 aromatic heterocycles. The Morgan fingerprint density at radius 2 is 1.70 bits per heavy atom. The van der Waals surface area contributed by atoms with Gasteiger partial charge in [0.2, 0.25) is 11.7 Å². The number of hydrogen-bond acceptors (Lipinski definition) is 8. The summed E-state index contributed by atoms with van der Waals surface area (Å²) in [6.07, 6.45) is 2.48. The Morgan fingerprint density at radius 1 is 1.00 bits per heavy atom. The minimum atomic E-state index is -0.522. The molecule has 0 amide bonds. The first-order valence-corrected chi connectivity index (χ1v) is 10.6. The zero-order chi connectivity index (χ0) is 23.1. The summed E-state index contributed by atoms with van der Waals surface area (Å²) in [5.41, 5.74) is 3.24. The van der Waals surface area contributed by atoms with Gasteiger partial charge in [0, 0.05) is 17.7 Å². The van der Waals surface area contributed by atoms with Crippen molar-refractivity contribution in [2.45, 2.75) is 24.8 Å². The predicted molar refractivity (Wildman–Crippen MR) is 120 cm³/mol. The average molecular weight is 448 g/mol. The number of nitrogens with one attached hydrogen (secondary N) is 1. The molecule has 0 radical (unpaired) electrons. The third-order valence-corrected chi connectivity index (χ3v) is 6.27. The van der Waals surface area contributed by atoms with Crippen LogP contribution in [0.25, 0.3) is 0 Å². The van der Waals surface area contributed by atoms with Crippen LogP contribution in [-0.4, -0.2) is 47.0 Å². The van der Waals surface area contributed by atoms with Crippen molar-refractivity contribution in [3.05, 3.63) is 65.1 Å². The fraction of sp³-hybridized carbons (Fsp3) is 0.292. The second kappa shape index (κ2) is 8.16. The molecule has 2 atom stereocenters. The van der Waals surface area contributed by atoms with Gasteiger partial charge in [-0.1, -0.05) is 12.1 Å². The summed E-state index contributed by atoms with van der Waals surface area (Å²) in [7, 11) is 4.57. The number of methoxy groups -OCH3 is 3. The van der Waals surface area contributed by atoms with Crippen molar-refractivity contribution in [2.75, 3.05) is 26.6 Å². The minimum Gasteiger partial charge on any atom is -0.502 e. The van der Waals surface area contributed by atoms with E-state index in [1.807, 2.05) is 24.3 Å². The second-order valence-electron chi connectivity index (χ2n) is 8.02. The van der Waals surface area contributed by atoms with Gasteiger partial charge in [-0.05, 0) is 47.7 Å². The van der Waals surface area contributed by atoms with Crippen LogP contribution in [0.5, 0.6) is 23.0 Å². The molecule has 0 unspecified atom stereocenters. The Labute approximate surface area is 190 Å². The number of nitrogens with zero attached hydrogens (tertiary/aromatic N) is 3. The number of Topliss-reactive ketones (excluding diaryl/α,β-unsaturated/α-hetero) is 1. The molecule has 0 spiro atoms. The molecular formula is C24H24N4O5. The van der Waals surface area contributed by atoms with Crippen molar-refractivity contribution in [1.29, 1.82) is 0 Å². The number of hydrogen-bond donors (Lipinski definition) is 2. The highest BCUT2D eigenvalue weighted by atomic mass is 16.5. The van der Waals surface area contributed by atoms with Crippen LogP contribution in [0.2, 0.25) is 0 Å². The topological polar surface area (TPSA) is 108 Å². The quantitative estimate of drug-likeness (QED) is 0.611. The molecule has 0 bridgehead atoms. The van der Waals surface area contributed by atoms with Crippen molar-refractivity contribution in [2.24, 2.45) is 0 Å². The molecule has 2 heterocycles. The highest BCUT2D eigenvalue weighted by molar-refractivity contribution is 6.00. The van der Waals surface area contributed by atoms with Crippen molar-refractivity contribution in [3.63, 3.8) is 0 Å². The van der Waals surface area contributed by atoms with Crippen LogP contribution in [-0.2, 0) is 4.79 Å². The monoisotopic (exact) mass is 448 g/mol. The van der Waals surface area contributed by atoms with Crippen molar-refractivity contribution in [1.82, 2.24) is 14.8 Å². The van der Waals surface area contributed by atoms with Crippen LogP contribution in [0, 0.1) is 0 Å². The smallest absolute Gasteiger partial charge is 0.226 e. The number of phenolic OH excluding ortho intramolecular Hbond substituents is 1. The summed E-state index contributed by atoms with van der Waals surface area (Å²) in [6.45, 7) is 0. The van der Waals surface area contributed by atoms with Crippen molar-refractivity contribution >= 4 is 11.7 Å². The Hall–Kier alpha value is -4.01. The maximum atomic E-state index is 13.5. The Morgan fingerprint density at radius 3 is 2.33 bits per heavy atom. The average Bonchev–Trinajstić information content (AvgIpc) is 3.31. The first kappa shape index (κ1) is 20.9. The summed E-state index contributed by atoms with van der Waals surface area (Å²) in [4.78, 5) is 17.9. The molecule has 5 rings (SSSR count). The molecule has 9 nitrogen and oxygen atoms in total. The molecule has 0 saturated carbocycles. The van der Waals surface area contributed by atoms with Crippen LogP contribution < -0.4 is 19.5 Å². The molecule has 1 aliphatic heterocycles. The third-order valence-electron chi connectivity index (χ3n) is 6.27. The minimum absolute atomic E-state index is 0.0294. The number of fused-ring (bicyclic) bond motifs is 1. The molecule has 33 heavy (non-hydrogen) atoms. The van der Waals surface area contributed by atoms with Gasteiger partial charge in [-0.15, -0.1) is 0 Å². The molecule has 1 aliphatic carbocycles. The molecule has 0 saturated heterocycles. The number of anilines is 1. The van der Waals surface area contributed by atoms with E-state index in [9.17, 15) is 9.90 Å². The number of carbonyl (C=O) groups excluding carboxylic acids is 1. The molecule has 0 fully saturated rings. The van der Waals surface area contributed by atoms with E-state index in [1.54, 1.807) is 23.9 Å². The van der Waals surface area contributed by atoms with E-state index in [0.29, 0.717) is 29.9 Å². The van der Waals surface area contributed by atoms with Crippen LogP contribution in [0.1, 0.15) is 35.9 Å².